The average Bonchev–Trinajstić information content (AvgIpc) is 3.68. The van der Waals surface area contributed by atoms with Crippen LogP contribution in [0.4, 0.5) is 4.39 Å². The largest absolute Gasteiger partial charge is 0.496 e. The van der Waals surface area contributed by atoms with E-state index in [1.165, 1.54) is 29.8 Å². The first-order valence-corrected chi connectivity index (χ1v) is 21.3. The van der Waals surface area contributed by atoms with Crippen LogP contribution in [0, 0.1) is 12.7 Å². The van der Waals surface area contributed by atoms with Crippen LogP contribution >= 0.6 is 22.9 Å². The van der Waals surface area contributed by atoms with E-state index in [-0.39, 0.29) is 24.7 Å². The van der Waals surface area contributed by atoms with Crippen molar-refractivity contribution < 1.29 is 33.2 Å². The quantitative estimate of drug-likeness (QED) is 0.0995. The van der Waals surface area contributed by atoms with Crippen LogP contribution in [0.1, 0.15) is 16.8 Å². The van der Waals surface area contributed by atoms with Gasteiger partial charge < -0.3 is 29.0 Å². The van der Waals surface area contributed by atoms with E-state index in [1.54, 1.807) is 43.6 Å². The first kappa shape index (κ1) is 42.5. The topological polar surface area (TPSA) is 132 Å². The summed E-state index contributed by atoms with van der Waals surface area (Å²) in [5.74, 6) is 0.665. The number of nitrogens with zero attached hydrogens (tertiary/aromatic N) is 6. The number of rotatable bonds is 16. The Morgan fingerprint density at radius 1 is 0.887 bits per heavy atom. The molecule has 7 aromatic rings. The van der Waals surface area contributed by atoms with Gasteiger partial charge in [-0.1, -0.05) is 60.1 Å². The Bertz CT molecular complexity index is 2690. The Morgan fingerprint density at radius 3 is 2.42 bits per heavy atom. The molecule has 4 aromatic carbocycles. The number of hydrogen-bond acceptors (Lipinski definition) is 12. The fourth-order valence-corrected chi connectivity index (χ4v) is 8.74. The second-order valence-electron chi connectivity index (χ2n) is 14.8. The third-order valence-electron chi connectivity index (χ3n) is 10.8. The lowest BCUT2D eigenvalue weighted by atomic mass is 9.96. The molecule has 0 radical (unpaired) electrons. The number of carboxylic acid groups (broad SMARTS) is 1. The zero-order chi connectivity index (χ0) is 43.2. The number of ether oxygens (including phenoxy) is 4. The normalized spacial score (nSPS) is 13.8. The van der Waals surface area contributed by atoms with E-state index >= 15 is 0 Å². The number of likely N-dealkylation sites (N-methyl/N-ethyl adjacent to an activating group) is 1. The number of fused-ring (bicyclic) bond motifs is 1. The van der Waals surface area contributed by atoms with Crippen molar-refractivity contribution in [1.82, 2.24) is 29.7 Å². The van der Waals surface area contributed by atoms with E-state index in [4.69, 9.17) is 35.5 Å². The minimum atomic E-state index is -1.38. The van der Waals surface area contributed by atoms with Crippen LogP contribution in [0.15, 0.2) is 104 Å². The lowest BCUT2D eigenvalue weighted by Crippen LogP contribution is -2.45. The molecule has 4 heterocycles. The highest BCUT2D eigenvalue weighted by Gasteiger charge is 2.28. The fraction of sp³-hybridized carbons (Fsp3) is 0.255. The summed E-state index contributed by atoms with van der Waals surface area (Å²) in [6.45, 7) is 7.26. The van der Waals surface area contributed by atoms with Crippen LogP contribution < -0.4 is 18.9 Å². The first-order valence-electron chi connectivity index (χ1n) is 20.1. The fourth-order valence-electron chi connectivity index (χ4n) is 7.37. The number of carbonyl (C=O) groups is 1. The van der Waals surface area contributed by atoms with Crippen LogP contribution in [0.3, 0.4) is 0 Å². The molecule has 1 atom stereocenters. The highest BCUT2D eigenvalue weighted by atomic mass is 35.5. The van der Waals surface area contributed by atoms with Crippen molar-refractivity contribution in [1.29, 1.82) is 0 Å². The SMILES string of the molecule is COc1ccccc1-c1nccc(COc2ccccc2CC(Oc2ncnc3sc(-c4ccc(F)cc4)c(-c4ccc(OCCN5CCN(C)CC5)c(Cl)c4C)c23)C(=O)O)n1. The molecule has 0 amide bonds. The van der Waals surface area contributed by atoms with Crippen molar-refractivity contribution in [2.45, 2.75) is 26.1 Å². The predicted octanol–water partition coefficient (Wildman–Crippen LogP) is 8.87. The number of piperazine rings is 1. The number of aliphatic carboxylic acids is 1. The van der Waals surface area contributed by atoms with Crippen molar-refractivity contribution in [3.63, 3.8) is 0 Å². The van der Waals surface area contributed by atoms with Crippen LogP contribution in [0.5, 0.6) is 23.1 Å². The Morgan fingerprint density at radius 2 is 1.65 bits per heavy atom. The van der Waals surface area contributed by atoms with E-state index < -0.39 is 12.1 Å². The molecule has 3 aromatic heterocycles. The maximum atomic E-state index is 14.2. The van der Waals surface area contributed by atoms with Gasteiger partial charge in [-0.15, -0.1) is 11.3 Å². The van der Waals surface area contributed by atoms with Crippen molar-refractivity contribution in [3.05, 3.63) is 131 Å². The third kappa shape index (κ3) is 9.48. The lowest BCUT2D eigenvalue weighted by Gasteiger charge is -2.32. The number of hydrogen-bond donors (Lipinski definition) is 1. The molecule has 8 rings (SSSR count). The van der Waals surface area contributed by atoms with Gasteiger partial charge in [-0.25, -0.2) is 29.1 Å². The molecule has 0 bridgehead atoms. The molecule has 1 aliphatic rings. The van der Waals surface area contributed by atoms with Gasteiger partial charge in [0.2, 0.25) is 12.0 Å². The van der Waals surface area contributed by atoms with Gasteiger partial charge in [-0.2, -0.15) is 0 Å². The highest BCUT2D eigenvalue weighted by molar-refractivity contribution is 7.22. The van der Waals surface area contributed by atoms with Gasteiger partial charge in [0.1, 0.15) is 47.4 Å². The van der Waals surface area contributed by atoms with Crippen molar-refractivity contribution in [2.24, 2.45) is 0 Å². The molecule has 1 N–H and O–H groups in total. The number of benzene rings is 4. The van der Waals surface area contributed by atoms with Gasteiger partial charge in [0.25, 0.3) is 0 Å². The molecular weight excluding hydrogens is 831 g/mol. The first-order chi connectivity index (χ1) is 30.2. The van der Waals surface area contributed by atoms with Gasteiger partial charge in [0.15, 0.2) is 5.82 Å². The standard InChI is InChI=1S/C47H44ClFN6O6S/c1-29-34(16-17-38(42(29)48)59-25-24-55-22-20-54(2)21-23-55)40-41-45(51-28-52-46(41)62-43(40)30-12-14-32(49)15-13-30)61-39(47(56)57)26-31-8-4-6-10-36(31)60-27-33-18-19-50-44(53-33)35-9-5-7-11-37(35)58-3/h4-19,28,39H,20-27H2,1-3H3,(H,56,57). The molecule has 0 saturated carbocycles. The second kappa shape index (κ2) is 19.2. The Kier molecular flexibility index (Phi) is 13.2. The molecule has 15 heteroatoms. The number of thiophene rings is 1. The third-order valence-corrected chi connectivity index (χ3v) is 12.4. The van der Waals surface area contributed by atoms with Crippen molar-refractivity contribution in [3.8, 4) is 56.1 Å². The molecule has 1 saturated heterocycles. The Labute approximate surface area is 367 Å². The second-order valence-corrected chi connectivity index (χ2v) is 16.2. The summed E-state index contributed by atoms with van der Waals surface area (Å²) in [7, 11) is 3.72. The maximum absolute atomic E-state index is 14.2. The van der Waals surface area contributed by atoms with Gasteiger partial charge in [0.05, 0.1) is 28.8 Å². The summed E-state index contributed by atoms with van der Waals surface area (Å²) in [4.78, 5) is 37.2. The van der Waals surface area contributed by atoms with Crippen LogP contribution in [-0.4, -0.2) is 100 Å². The van der Waals surface area contributed by atoms with Crippen molar-refractivity contribution in [2.75, 3.05) is 53.5 Å². The number of para-hydroxylation sites is 2. The van der Waals surface area contributed by atoms with Gasteiger partial charge >= 0.3 is 5.97 Å². The summed E-state index contributed by atoms with van der Waals surface area (Å²) in [6.07, 6.45) is 1.57. The summed E-state index contributed by atoms with van der Waals surface area (Å²) in [5, 5.41) is 11.6. The predicted molar refractivity (Wildman–Crippen MR) is 238 cm³/mol. The molecule has 1 aliphatic heterocycles. The van der Waals surface area contributed by atoms with Gasteiger partial charge in [-0.05, 0) is 78.7 Å². The summed E-state index contributed by atoms with van der Waals surface area (Å²) >= 11 is 8.42. The Balaban J connectivity index is 1.08. The van der Waals surface area contributed by atoms with Gasteiger partial charge in [0, 0.05) is 55.8 Å². The number of halogens is 2. The molecule has 1 fully saturated rings. The van der Waals surface area contributed by atoms with Crippen LogP contribution in [0.25, 0.3) is 43.2 Å². The molecule has 0 aliphatic carbocycles. The zero-order valence-corrected chi connectivity index (χ0v) is 36.0. The summed E-state index contributed by atoms with van der Waals surface area (Å²) < 4.78 is 38.6. The van der Waals surface area contributed by atoms with Crippen molar-refractivity contribution >= 4 is 39.1 Å². The van der Waals surface area contributed by atoms with Gasteiger partial charge in [-0.3, -0.25) is 4.90 Å². The molecular formula is C47H44ClFN6O6S. The monoisotopic (exact) mass is 874 g/mol. The van der Waals surface area contributed by atoms with E-state index in [1.807, 2.05) is 55.5 Å². The maximum Gasteiger partial charge on any atom is 0.345 e. The number of carboxylic acids is 1. The van der Waals surface area contributed by atoms with Crippen LogP contribution in [0.2, 0.25) is 5.02 Å². The highest BCUT2D eigenvalue weighted by Crippen LogP contribution is 2.49. The van der Waals surface area contributed by atoms with E-state index in [0.29, 0.717) is 61.7 Å². The van der Waals surface area contributed by atoms with E-state index in [9.17, 15) is 14.3 Å². The average molecular weight is 875 g/mol. The molecule has 12 nitrogen and oxygen atoms in total. The minimum Gasteiger partial charge on any atom is -0.496 e. The number of methoxy groups -OCH3 is 1. The smallest absolute Gasteiger partial charge is 0.345 e. The summed E-state index contributed by atoms with van der Waals surface area (Å²) in [5.41, 5.74) is 4.86. The molecule has 1 unspecified atom stereocenters. The van der Waals surface area contributed by atoms with Crippen LogP contribution in [-0.2, 0) is 17.8 Å². The minimum absolute atomic E-state index is 0.0530. The van der Waals surface area contributed by atoms with E-state index in [2.05, 4.69) is 31.8 Å². The summed E-state index contributed by atoms with van der Waals surface area (Å²) in [6, 6.07) is 26.4. The molecule has 318 valence electrons. The lowest BCUT2D eigenvalue weighted by molar-refractivity contribution is -0.145. The Hall–Kier alpha value is -6.19. The number of aromatic nitrogens is 4. The zero-order valence-electron chi connectivity index (χ0n) is 34.4. The van der Waals surface area contributed by atoms with E-state index in [0.717, 1.165) is 59.9 Å². The molecule has 62 heavy (non-hydrogen) atoms. The molecule has 0 spiro atoms.